The number of allylic oxidation sites excluding steroid dienone is 1. The average Bonchev–Trinajstić information content (AvgIpc) is 3.14. The summed E-state index contributed by atoms with van der Waals surface area (Å²) in [6, 6.07) is 7.74. The van der Waals surface area contributed by atoms with Crippen molar-refractivity contribution in [1.82, 2.24) is 25.0 Å². The van der Waals surface area contributed by atoms with Crippen LogP contribution in [0.15, 0.2) is 51.0 Å². The van der Waals surface area contributed by atoms with Crippen molar-refractivity contribution >= 4 is 27.7 Å². The van der Waals surface area contributed by atoms with Crippen molar-refractivity contribution in [1.29, 1.82) is 0 Å². The van der Waals surface area contributed by atoms with Crippen molar-refractivity contribution in [3.63, 3.8) is 0 Å². The van der Waals surface area contributed by atoms with Crippen LogP contribution in [-0.2, 0) is 12.3 Å². The number of aromatic nitrogens is 5. The van der Waals surface area contributed by atoms with Crippen molar-refractivity contribution in [2.45, 2.75) is 24.4 Å². The van der Waals surface area contributed by atoms with Crippen LogP contribution in [0.5, 0.6) is 0 Å². The van der Waals surface area contributed by atoms with Gasteiger partial charge in [0.25, 0.3) is 0 Å². The van der Waals surface area contributed by atoms with E-state index in [1.807, 2.05) is 41.8 Å². The highest BCUT2D eigenvalue weighted by Gasteiger charge is 2.14. The quantitative estimate of drug-likeness (QED) is 0.469. The first-order chi connectivity index (χ1) is 11.2. The van der Waals surface area contributed by atoms with Gasteiger partial charge in [-0.3, -0.25) is 0 Å². The van der Waals surface area contributed by atoms with E-state index < -0.39 is 0 Å². The number of aryl methyl sites for hydroxylation is 1. The minimum atomic E-state index is 0.497. The molecule has 0 bridgehead atoms. The molecule has 23 heavy (non-hydrogen) atoms. The summed E-state index contributed by atoms with van der Waals surface area (Å²) in [5, 5.41) is 17.3. The standard InChI is InChI=1S/C15H14BrN5OS/c1-3-8-21-10(2)17-20-15(21)23-9-13-18-19-14(22-13)11-6-4-5-7-12(11)16/h3-7H,1,8-9H2,2H3. The lowest BCUT2D eigenvalue weighted by atomic mass is 10.2. The lowest BCUT2D eigenvalue weighted by Crippen LogP contribution is -2.00. The maximum absolute atomic E-state index is 5.73. The molecule has 0 atom stereocenters. The highest BCUT2D eigenvalue weighted by atomic mass is 79.9. The predicted molar refractivity (Wildman–Crippen MR) is 92.0 cm³/mol. The van der Waals surface area contributed by atoms with Crippen LogP contribution < -0.4 is 0 Å². The summed E-state index contributed by atoms with van der Waals surface area (Å²) >= 11 is 4.99. The molecule has 0 saturated carbocycles. The van der Waals surface area contributed by atoms with Crippen molar-refractivity contribution in [3.8, 4) is 11.5 Å². The van der Waals surface area contributed by atoms with E-state index in [1.54, 1.807) is 0 Å². The van der Waals surface area contributed by atoms with Crippen LogP contribution in [0.3, 0.4) is 0 Å². The molecule has 8 heteroatoms. The second-order valence-electron chi connectivity index (χ2n) is 4.70. The van der Waals surface area contributed by atoms with Crippen molar-refractivity contribution in [2.24, 2.45) is 0 Å². The second-order valence-corrected chi connectivity index (χ2v) is 6.50. The fourth-order valence-electron chi connectivity index (χ4n) is 1.99. The SMILES string of the molecule is C=CCn1c(C)nnc1SCc1nnc(-c2ccccc2Br)o1. The third-order valence-electron chi connectivity index (χ3n) is 3.11. The van der Waals surface area contributed by atoms with Gasteiger partial charge >= 0.3 is 0 Å². The summed E-state index contributed by atoms with van der Waals surface area (Å²) in [4.78, 5) is 0. The lowest BCUT2D eigenvalue weighted by Gasteiger charge is -2.03. The molecule has 0 fully saturated rings. The minimum absolute atomic E-state index is 0.497. The molecule has 3 rings (SSSR count). The zero-order valence-corrected chi connectivity index (χ0v) is 14.8. The lowest BCUT2D eigenvalue weighted by molar-refractivity contribution is 0.528. The number of benzene rings is 1. The average molecular weight is 392 g/mol. The first kappa shape index (κ1) is 15.9. The fourth-order valence-corrected chi connectivity index (χ4v) is 3.27. The minimum Gasteiger partial charge on any atom is -0.420 e. The molecule has 0 aliphatic rings. The van der Waals surface area contributed by atoms with Crippen molar-refractivity contribution in [2.75, 3.05) is 0 Å². The summed E-state index contributed by atoms with van der Waals surface area (Å²) in [6.45, 7) is 6.34. The summed E-state index contributed by atoms with van der Waals surface area (Å²) in [5.41, 5.74) is 0.877. The normalized spacial score (nSPS) is 10.9. The predicted octanol–water partition coefficient (Wildman–Crippen LogP) is 3.88. The Bertz CT molecular complexity index is 829. The molecule has 0 aliphatic carbocycles. The van der Waals surface area contributed by atoms with E-state index in [9.17, 15) is 0 Å². The van der Waals surface area contributed by atoms with Crippen LogP contribution in [0, 0.1) is 6.92 Å². The Hall–Kier alpha value is -1.93. The number of hydrogen-bond donors (Lipinski definition) is 0. The van der Waals surface area contributed by atoms with Crippen molar-refractivity contribution in [3.05, 3.63) is 53.1 Å². The third kappa shape index (κ3) is 3.53. The number of hydrogen-bond acceptors (Lipinski definition) is 6. The largest absolute Gasteiger partial charge is 0.420 e. The summed E-state index contributed by atoms with van der Waals surface area (Å²) in [6.07, 6.45) is 1.82. The van der Waals surface area contributed by atoms with Gasteiger partial charge in [-0.05, 0) is 35.0 Å². The molecular weight excluding hydrogens is 378 g/mol. The van der Waals surface area contributed by atoms with Gasteiger partial charge in [-0.2, -0.15) is 0 Å². The molecule has 6 nitrogen and oxygen atoms in total. The van der Waals surface area contributed by atoms with E-state index in [-0.39, 0.29) is 0 Å². The number of halogens is 1. The Morgan fingerprint density at radius 1 is 1.26 bits per heavy atom. The van der Waals surface area contributed by atoms with E-state index in [0.717, 1.165) is 21.0 Å². The van der Waals surface area contributed by atoms with Crippen LogP contribution in [0.2, 0.25) is 0 Å². The van der Waals surface area contributed by atoms with E-state index in [2.05, 4.69) is 42.9 Å². The number of thioether (sulfide) groups is 1. The molecular formula is C15H14BrN5OS. The van der Waals surface area contributed by atoms with Gasteiger partial charge in [0.05, 0.1) is 11.3 Å². The molecule has 0 saturated heterocycles. The number of rotatable bonds is 6. The Kier molecular flexibility index (Phi) is 4.92. The van der Waals surface area contributed by atoms with Gasteiger partial charge in [-0.1, -0.05) is 30.0 Å². The zero-order valence-electron chi connectivity index (χ0n) is 12.4. The highest BCUT2D eigenvalue weighted by molar-refractivity contribution is 9.10. The van der Waals surface area contributed by atoms with E-state index in [4.69, 9.17) is 4.42 Å². The van der Waals surface area contributed by atoms with E-state index >= 15 is 0 Å². The molecule has 0 amide bonds. The van der Waals surface area contributed by atoms with E-state index in [0.29, 0.717) is 24.1 Å². The molecule has 0 N–H and O–H groups in total. The van der Waals surface area contributed by atoms with Crippen LogP contribution in [-0.4, -0.2) is 25.0 Å². The fraction of sp³-hybridized carbons (Fsp3) is 0.200. The molecule has 0 spiro atoms. The van der Waals surface area contributed by atoms with Gasteiger partial charge < -0.3 is 8.98 Å². The highest BCUT2D eigenvalue weighted by Crippen LogP contribution is 2.28. The maximum atomic E-state index is 5.73. The van der Waals surface area contributed by atoms with Crippen LogP contribution in [0.25, 0.3) is 11.5 Å². The second kappa shape index (κ2) is 7.10. The van der Waals surface area contributed by atoms with Crippen LogP contribution in [0.1, 0.15) is 11.7 Å². The van der Waals surface area contributed by atoms with Gasteiger partial charge in [0.15, 0.2) is 5.16 Å². The smallest absolute Gasteiger partial charge is 0.248 e. The summed E-state index contributed by atoms with van der Waals surface area (Å²) in [7, 11) is 0. The Labute approximate surface area is 146 Å². The van der Waals surface area contributed by atoms with Gasteiger partial charge in [0, 0.05) is 11.0 Å². The molecule has 2 heterocycles. The molecule has 0 unspecified atom stereocenters. The Morgan fingerprint density at radius 2 is 2.09 bits per heavy atom. The molecule has 118 valence electrons. The monoisotopic (exact) mass is 391 g/mol. The molecule has 3 aromatic rings. The van der Waals surface area contributed by atoms with Crippen LogP contribution >= 0.6 is 27.7 Å². The first-order valence-corrected chi connectivity index (χ1v) is 8.67. The maximum Gasteiger partial charge on any atom is 0.248 e. The number of nitrogens with zero attached hydrogens (tertiary/aromatic N) is 5. The Morgan fingerprint density at radius 3 is 2.87 bits per heavy atom. The molecule has 1 aromatic carbocycles. The zero-order chi connectivity index (χ0) is 16.2. The Balaban J connectivity index is 1.73. The van der Waals surface area contributed by atoms with Crippen LogP contribution in [0.4, 0.5) is 0 Å². The summed E-state index contributed by atoms with van der Waals surface area (Å²) in [5.74, 6) is 2.43. The van der Waals surface area contributed by atoms with Crippen molar-refractivity contribution < 1.29 is 4.42 Å². The first-order valence-electron chi connectivity index (χ1n) is 6.90. The van der Waals surface area contributed by atoms with E-state index in [1.165, 1.54) is 11.8 Å². The van der Waals surface area contributed by atoms with Gasteiger partial charge in [0.1, 0.15) is 5.82 Å². The summed E-state index contributed by atoms with van der Waals surface area (Å²) < 4.78 is 8.64. The molecule has 2 aromatic heterocycles. The topological polar surface area (TPSA) is 69.6 Å². The molecule has 0 radical (unpaired) electrons. The molecule has 0 aliphatic heterocycles. The van der Waals surface area contributed by atoms with Gasteiger partial charge in [0.2, 0.25) is 11.8 Å². The third-order valence-corrected chi connectivity index (χ3v) is 4.75. The van der Waals surface area contributed by atoms with Gasteiger partial charge in [-0.15, -0.1) is 27.0 Å². The van der Waals surface area contributed by atoms with Gasteiger partial charge in [-0.25, -0.2) is 0 Å².